The predicted octanol–water partition coefficient (Wildman–Crippen LogP) is 1.90. The van der Waals surface area contributed by atoms with Crippen LogP contribution in [0.3, 0.4) is 0 Å². The number of aliphatic hydroxyl groups excluding tert-OH is 1. The lowest BCUT2D eigenvalue weighted by molar-refractivity contribution is 0.280. The Balaban J connectivity index is 1.87. The largest absolute Gasteiger partial charge is 0.396 e. The van der Waals surface area contributed by atoms with E-state index in [-0.39, 0.29) is 12.2 Å². The Bertz CT molecular complexity index is 931. The van der Waals surface area contributed by atoms with Crippen molar-refractivity contribution in [3.05, 3.63) is 39.7 Å². The van der Waals surface area contributed by atoms with E-state index in [0.29, 0.717) is 30.1 Å². The molecular formula is C17H22N6O2. The summed E-state index contributed by atoms with van der Waals surface area (Å²) in [6.45, 7) is 4.81. The number of aromatic nitrogens is 5. The minimum Gasteiger partial charge on any atom is -0.396 e. The fraction of sp³-hybridized carbons (Fsp3) is 0.412. The Morgan fingerprint density at radius 3 is 2.92 bits per heavy atom. The van der Waals surface area contributed by atoms with Gasteiger partial charge in [0.25, 0.3) is 5.56 Å². The smallest absolute Gasteiger partial charge is 0.280 e. The maximum Gasteiger partial charge on any atom is 0.280 e. The molecule has 0 saturated carbocycles. The second kappa shape index (κ2) is 7.43. The topological polar surface area (TPSA) is 109 Å². The number of H-pyrrole nitrogens is 1. The van der Waals surface area contributed by atoms with Crippen LogP contribution in [-0.4, -0.2) is 36.7 Å². The van der Waals surface area contributed by atoms with E-state index >= 15 is 0 Å². The zero-order chi connectivity index (χ0) is 17.8. The molecule has 25 heavy (non-hydrogen) atoms. The summed E-state index contributed by atoms with van der Waals surface area (Å²) >= 11 is 0. The molecule has 0 fully saturated rings. The number of nitrogens with zero attached hydrogens (tertiary/aromatic N) is 4. The predicted molar refractivity (Wildman–Crippen MR) is 96.1 cm³/mol. The molecule has 0 aliphatic heterocycles. The molecule has 0 bridgehead atoms. The monoisotopic (exact) mass is 342 g/mol. The molecule has 0 spiro atoms. The summed E-state index contributed by atoms with van der Waals surface area (Å²) in [7, 11) is 0. The minimum absolute atomic E-state index is 0.117. The fourth-order valence-corrected chi connectivity index (χ4v) is 2.75. The SMILES string of the molecule is CCc1cc(Nc2nc3nnn(CCCCO)c3c(=O)[nH]2)ccc1C. The molecule has 2 aromatic heterocycles. The van der Waals surface area contributed by atoms with E-state index in [1.165, 1.54) is 15.8 Å². The van der Waals surface area contributed by atoms with E-state index < -0.39 is 0 Å². The third-order valence-electron chi connectivity index (χ3n) is 4.15. The summed E-state index contributed by atoms with van der Waals surface area (Å²) in [5.41, 5.74) is 3.70. The van der Waals surface area contributed by atoms with Gasteiger partial charge in [-0.2, -0.15) is 4.98 Å². The molecule has 3 rings (SSSR count). The lowest BCUT2D eigenvalue weighted by Gasteiger charge is -2.09. The second-order valence-electron chi connectivity index (χ2n) is 5.95. The number of anilines is 2. The van der Waals surface area contributed by atoms with Crippen LogP contribution in [0.25, 0.3) is 11.2 Å². The van der Waals surface area contributed by atoms with Crippen molar-refractivity contribution < 1.29 is 5.11 Å². The molecule has 0 unspecified atom stereocenters. The van der Waals surface area contributed by atoms with E-state index in [9.17, 15) is 4.79 Å². The van der Waals surface area contributed by atoms with E-state index in [1.54, 1.807) is 0 Å². The summed E-state index contributed by atoms with van der Waals surface area (Å²) in [6.07, 6.45) is 2.31. The summed E-state index contributed by atoms with van der Waals surface area (Å²) < 4.78 is 1.53. The molecule has 8 nitrogen and oxygen atoms in total. The number of aryl methyl sites for hydroxylation is 3. The van der Waals surface area contributed by atoms with E-state index in [1.807, 2.05) is 18.2 Å². The van der Waals surface area contributed by atoms with Crippen molar-refractivity contribution in [2.75, 3.05) is 11.9 Å². The first-order valence-corrected chi connectivity index (χ1v) is 8.43. The highest BCUT2D eigenvalue weighted by molar-refractivity contribution is 5.70. The maximum absolute atomic E-state index is 12.4. The van der Waals surface area contributed by atoms with Gasteiger partial charge in [0.1, 0.15) is 0 Å². The summed E-state index contributed by atoms with van der Waals surface area (Å²) in [5, 5.41) is 20.0. The molecule has 0 amide bonds. The number of aromatic amines is 1. The lowest BCUT2D eigenvalue weighted by Crippen LogP contribution is -2.15. The van der Waals surface area contributed by atoms with Gasteiger partial charge in [0, 0.05) is 18.8 Å². The van der Waals surface area contributed by atoms with Crippen LogP contribution >= 0.6 is 0 Å². The van der Waals surface area contributed by atoms with Gasteiger partial charge in [0.2, 0.25) is 11.6 Å². The molecule has 0 aliphatic carbocycles. The van der Waals surface area contributed by atoms with Gasteiger partial charge in [-0.25, -0.2) is 4.68 Å². The third-order valence-corrected chi connectivity index (χ3v) is 4.15. The molecule has 2 heterocycles. The van der Waals surface area contributed by atoms with Gasteiger partial charge in [-0.1, -0.05) is 18.2 Å². The Morgan fingerprint density at radius 2 is 2.16 bits per heavy atom. The van der Waals surface area contributed by atoms with Crippen molar-refractivity contribution in [2.45, 2.75) is 39.7 Å². The van der Waals surface area contributed by atoms with Crippen LogP contribution in [0, 0.1) is 6.92 Å². The standard InChI is InChI=1S/C17H22N6O2/c1-3-12-10-13(7-6-11(12)2)18-17-19-15-14(16(25)20-17)23(22-21-15)8-4-5-9-24/h6-7,10,24H,3-5,8-9H2,1-2H3,(H2,18,19,20,25). The number of fused-ring (bicyclic) bond motifs is 1. The van der Waals surface area contributed by atoms with Crippen LogP contribution in [0.5, 0.6) is 0 Å². The van der Waals surface area contributed by atoms with E-state index in [2.05, 4.69) is 39.4 Å². The van der Waals surface area contributed by atoms with Crippen LogP contribution in [0.4, 0.5) is 11.6 Å². The Labute approximate surface area is 144 Å². The molecule has 0 atom stereocenters. The summed E-state index contributed by atoms with van der Waals surface area (Å²) in [6, 6.07) is 6.03. The first kappa shape index (κ1) is 17.1. The van der Waals surface area contributed by atoms with Gasteiger partial charge in [0.15, 0.2) is 5.52 Å². The average Bonchev–Trinajstić information content (AvgIpc) is 3.00. The van der Waals surface area contributed by atoms with Gasteiger partial charge >= 0.3 is 0 Å². The van der Waals surface area contributed by atoms with Crippen molar-refractivity contribution in [1.82, 2.24) is 25.0 Å². The van der Waals surface area contributed by atoms with Gasteiger partial charge in [-0.15, -0.1) is 5.10 Å². The summed E-state index contributed by atoms with van der Waals surface area (Å²) in [5.74, 6) is 0.339. The Kier molecular flexibility index (Phi) is 5.08. The number of nitrogens with one attached hydrogen (secondary N) is 2. The molecule has 8 heteroatoms. The quantitative estimate of drug-likeness (QED) is 0.566. The fourth-order valence-electron chi connectivity index (χ4n) is 2.75. The molecule has 3 aromatic rings. The van der Waals surface area contributed by atoms with Gasteiger partial charge in [-0.05, 0) is 49.4 Å². The van der Waals surface area contributed by atoms with Gasteiger partial charge in [-0.3, -0.25) is 9.78 Å². The summed E-state index contributed by atoms with van der Waals surface area (Å²) in [4.78, 5) is 19.5. The highest BCUT2D eigenvalue weighted by atomic mass is 16.2. The van der Waals surface area contributed by atoms with Crippen LogP contribution in [0.1, 0.15) is 30.9 Å². The second-order valence-corrected chi connectivity index (χ2v) is 5.95. The number of rotatable bonds is 7. The van der Waals surface area contributed by atoms with Crippen molar-refractivity contribution >= 4 is 22.8 Å². The van der Waals surface area contributed by atoms with Crippen LogP contribution in [-0.2, 0) is 13.0 Å². The average molecular weight is 342 g/mol. The van der Waals surface area contributed by atoms with E-state index in [4.69, 9.17) is 5.11 Å². The van der Waals surface area contributed by atoms with Crippen LogP contribution in [0.2, 0.25) is 0 Å². The molecule has 3 N–H and O–H groups in total. The van der Waals surface area contributed by atoms with Crippen molar-refractivity contribution in [2.24, 2.45) is 0 Å². The minimum atomic E-state index is -0.288. The Hall–Kier alpha value is -2.74. The normalized spacial score (nSPS) is 11.2. The molecule has 1 aromatic carbocycles. The van der Waals surface area contributed by atoms with Gasteiger partial charge in [0.05, 0.1) is 0 Å². The van der Waals surface area contributed by atoms with Crippen LogP contribution in [0.15, 0.2) is 23.0 Å². The molecule has 132 valence electrons. The first-order valence-electron chi connectivity index (χ1n) is 8.43. The third kappa shape index (κ3) is 3.69. The van der Waals surface area contributed by atoms with Crippen molar-refractivity contribution in [3.63, 3.8) is 0 Å². The molecule has 0 saturated heterocycles. The zero-order valence-corrected chi connectivity index (χ0v) is 14.4. The lowest BCUT2D eigenvalue weighted by atomic mass is 10.1. The Morgan fingerprint density at radius 1 is 1.32 bits per heavy atom. The number of aliphatic hydroxyl groups is 1. The first-order chi connectivity index (χ1) is 12.1. The highest BCUT2D eigenvalue weighted by Crippen LogP contribution is 2.18. The van der Waals surface area contributed by atoms with Crippen molar-refractivity contribution in [1.29, 1.82) is 0 Å². The number of hydrogen-bond acceptors (Lipinski definition) is 6. The number of benzene rings is 1. The molecule has 0 radical (unpaired) electrons. The molecule has 0 aliphatic rings. The number of unbranched alkanes of at least 4 members (excludes halogenated alkanes) is 1. The van der Waals surface area contributed by atoms with E-state index in [0.717, 1.165) is 18.5 Å². The van der Waals surface area contributed by atoms with Crippen LogP contribution < -0.4 is 10.9 Å². The maximum atomic E-state index is 12.4. The highest BCUT2D eigenvalue weighted by Gasteiger charge is 2.12. The molecular weight excluding hydrogens is 320 g/mol. The van der Waals surface area contributed by atoms with Crippen molar-refractivity contribution in [3.8, 4) is 0 Å². The van der Waals surface area contributed by atoms with Gasteiger partial charge < -0.3 is 10.4 Å². The zero-order valence-electron chi connectivity index (χ0n) is 14.4. The number of hydrogen-bond donors (Lipinski definition) is 3.